The molecule has 0 aromatic heterocycles. The predicted molar refractivity (Wildman–Crippen MR) is 106 cm³/mol. The third-order valence-electron chi connectivity index (χ3n) is 5.41. The molecule has 2 aliphatic rings. The molecule has 134 valence electrons. The van der Waals surface area contributed by atoms with Gasteiger partial charge >= 0.3 is 6.09 Å². The van der Waals surface area contributed by atoms with Crippen LogP contribution in [-0.2, 0) is 4.74 Å². The van der Waals surface area contributed by atoms with Gasteiger partial charge < -0.3 is 9.47 Å². The molecule has 0 saturated carbocycles. The lowest BCUT2D eigenvalue weighted by molar-refractivity contribution is -0.0378. The van der Waals surface area contributed by atoms with Crippen molar-refractivity contribution in [2.45, 2.75) is 25.2 Å². The first-order chi connectivity index (χ1) is 13.0. The number of carbonyl (C=O) groups is 1. The molecule has 0 unspecified atom stereocenters. The average Bonchev–Trinajstić information content (AvgIpc) is 2.86. The Labute approximate surface area is 157 Å². The van der Waals surface area contributed by atoms with Gasteiger partial charge in [0, 0.05) is 5.56 Å². The van der Waals surface area contributed by atoms with Crippen LogP contribution in [-0.4, -0.2) is 17.4 Å². The van der Waals surface area contributed by atoms with Gasteiger partial charge in [0.1, 0.15) is 5.75 Å². The summed E-state index contributed by atoms with van der Waals surface area (Å²) < 4.78 is 12.3. The molecule has 3 aromatic rings. The highest BCUT2D eigenvalue weighted by Crippen LogP contribution is 2.48. The van der Waals surface area contributed by atoms with Gasteiger partial charge in [0.05, 0.1) is 5.69 Å². The number of anilines is 1. The maximum absolute atomic E-state index is 12.8. The van der Waals surface area contributed by atoms with Gasteiger partial charge in [-0.1, -0.05) is 48.5 Å². The molecule has 1 saturated heterocycles. The molecule has 1 spiro atoms. The summed E-state index contributed by atoms with van der Waals surface area (Å²) in [4.78, 5) is 14.4. The molecule has 27 heavy (non-hydrogen) atoms. The van der Waals surface area contributed by atoms with Gasteiger partial charge in [-0.3, -0.25) is 0 Å². The Morgan fingerprint density at radius 2 is 1.59 bits per heavy atom. The van der Waals surface area contributed by atoms with Crippen LogP contribution in [0.15, 0.2) is 72.8 Å². The zero-order chi connectivity index (χ0) is 18.6. The summed E-state index contributed by atoms with van der Waals surface area (Å²) in [5.41, 5.74) is -0.162. The van der Waals surface area contributed by atoms with Crippen LogP contribution in [0.5, 0.6) is 5.75 Å². The van der Waals surface area contributed by atoms with Crippen molar-refractivity contribution in [1.29, 1.82) is 0 Å². The summed E-state index contributed by atoms with van der Waals surface area (Å²) in [6.45, 7) is 3.76. The van der Waals surface area contributed by atoms with Gasteiger partial charge in [-0.2, -0.15) is 0 Å². The molecule has 0 bridgehead atoms. The second kappa shape index (κ2) is 5.36. The van der Waals surface area contributed by atoms with Crippen molar-refractivity contribution in [3.63, 3.8) is 0 Å². The molecule has 1 atom stereocenters. The fourth-order valence-electron chi connectivity index (χ4n) is 3.99. The SMILES string of the molecule is CC1(C)OC(=O)N(c2ccccc2)[C@@]12C=Cc1c(ccc3ccccc13)O2. The van der Waals surface area contributed by atoms with E-state index >= 15 is 0 Å². The quantitative estimate of drug-likeness (QED) is 0.587. The van der Waals surface area contributed by atoms with Crippen LogP contribution in [0, 0.1) is 0 Å². The van der Waals surface area contributed by atoms with Gasteiger partial charge in [0.15, 0.2) is 5.60 Å². The Kier molecular flexibility index (Phi) is 3.17. The number of carbonyl (C=O) groups excluding carboxylic acids is 1. The van der Waals surface area contributed by atoms with Crippen LogP contribution in [0.3, 0.4) is 0 Å². The van der Waals surface area contributed by atoms with Crippen molar-refractivity contribution >= 4 is 28.6 Å². The summed E-state index contributed by atoms with van der Waals surface area (Å²) >= 11 is 0. The Balaban J connectivity index is 1.71. The van der Waals surface area contributed by atoms with E-state index in [9.17, 15) is 4.79 Å². The Hall–Kier alpha value is -3.27. The summed E-state index contributed by atoms with van der Waals surface area (Å²) in [5, 5.41) is 2.27. The molecule has 2 aliphatic heterocycles. The largest absolute Gasteiger partial charge is 0.459 e. The van der Waals surface area contributed by atoms with E-state index in [4.69, 9.17) is 9.47 Å². The van der Waals surface area contributed by atoms with Crippen LogP contribution in [0.25, 0.3) is 16.8 Å². The fourth-order valence-corrected chi connectivity index (χ4v) is 3.99. The Morgan fingerprint density at radius 3 is 2.41 bits per heavy atom. The minimum atomic E-state index is -1.05. The van der Waals surface area contributed by atoms with E-state index in [1.165, 1.54) is 0 Å². The number of para-hydroxylation sites is 1. The first-order valence-electron chi connectivity index (χ1n) is 9.00. The third-order valence-corrected chi connectivity index (χ3v) is 5.41. The summed E-state index contributed by atoms with van der Waals surface area (Å²) in [7, 11) is 0. The van der Waals surface area contributed by atoms with E-state index in [1.54, 1.807) is 4.90 Å². The highest BCUT2D eigenvalue weighted by atomic mass is 16.6. The van der Waals surface area contributed by atoms with E-state index in [1.807, 2.05) is 80.6 Å². The highest BCUT2D eigenvalue weighted by Gasteiger charge is 2.63. The topological polar surface area (TPSA) is 38.8 Å². The average molecular weight is 357 g/mol. The van der Waals surface area contributed by atoms with Crippen molar-refractivity contribution in [2.24, 2.45) is 0 Å². The monoisotopic (exact) mass is 357 g/mol. The molecule has 1 amide bonds. The number of ether oxygens (including phenoxy) is 2. The number of amides is 1. The van der Waals surface area contributed by atoms with Crippen molar-refractivity contribution in [3.8, 4) is 5.75 Å². The van der Waals surface area contributed by atoms with Crippen LogP contribution < -0.4 is 9.64 Å². The second-order valence-electron chi connectivity index (χ2n) is 7.38. The zero-order valence-corrected chi connectivity index (χ0v) is 15.2. The second-order valence-corrected chi connectivity index (χ2v) is 7.38. The standard InChI is InChI=1S/C23H19NO3/c1-22(2)23(24(21(25)27-22)17-9-4-3-5-10-17)15-14-19-18-11-7-6-8-16(18)12-13-20(19)26-23/h3-15H,1-2H3/t23-/m1/s1. The summed E-state index contributed by atoms with van der Waals surface area (Å²) in [6.07, 6.45) is 3.57. The smallest absolute Gasteiger partial charge is 0.418 e. The van der Waals surface area contributed by atoms with Crippen LogP contribution >= 0.6 is 0 Å². The lowest BCUT2D eigenvalue weighted by Gasteiger charge is -2.42. The molecule has 0 N–H and O–H groups in total. The normalized spacial score (nSPS) is 22.6. The zero-order valence-electron chi connectivity index (χ0n) is 15.2. The summed E-state index contributed by atoms with van der Waals surface area (Å²) in [6, 6.07) is 21.7. The highest BCUT2D eigenvalue weighted by molar-refractivity contribution is 5.97. The molecule has 2 heterocycles. The Morgan fingerprint density at radius 1 is 0.852 bits per heavy atom. The third kappa shape index (κ3) is 2.13. The van der Waals surface area contributed by atoms with E-state index < -0.39 is 17.4 Å². The van der Waals surface area contributed by atoms with Gasteiger partial charge in [-0.05, 0) is 55.0 Å². The molecular weight excluding hydrogens is 338 g/mol. The summed E-state index contributed by atoms with van der Waals surface area (Å²) in [5.74, 6) is 0.739. The number of hydrogen-bond donors (Lipinski definition) is 0. The number of nitrogens with zero attached hydrogens (tertiary/aromatic N) is 1. The first-order valence-corrected chi connectivity index (χ1v) is 9.00. The minimum Gasteiger partial charge on any atom is -0.459 e. The minimum absolute atomic E-state index is 0.417. The number of fused-ring (bicyclic) bond motifs is 3. The molecular formula is C23H19NO3. The number of benzene rings is 3. The van der Waals surface area contributed by atoms with E-state index in [0.717, 1.165) is 27.8 Å². The molecule has 0 aliphatic carbocycles. The Bertz CT molecular complexity index is 1090. The maximum atomic E-state index is 12.8. The number of rotatable bonds is 1. The number of hydrogen-bond acceptors (Lipinski definition) is 3. The number of cyclic esters (lactones) is 1. The first kappa shape index (κ1) is 15.9. The van der Waals surface area contributed by atoms with Crippen LogP contribution in [0.4, 0.5) is 10.5 Å². The fraction of sp³-hybridized carbons (Fsp3) is 0.174. The molecule has 0 radical (unpaired) electrons. The van der Waals surface area contributed by atoms with Crippen LogP contribution in [0.2, 0.25) is 0 Å². The van der Waals surface area contributed by atoms with Crippen molar-refractivity contribution in [1.82, 2.24) is 0 Å². The van der Waals surface area contributed by atoms with Crippen LogP contribution in [0.1, 0.15) is 19.4 Å². The van der Waals surface area contributed by atoms with Gasteiger partial charge in [0.25, 0.3) is 5.72 Å². The molecule has 4 nitrogen and oxygen atoms in total. The lowest BCUT2D eigenvalue weighted by atomic mass is 9.89. The maximum Gasteiger partial charge on any atom is 0.418 e. The molecule has 4 heteroatoms. The van der Waals surface area contributed by atoms with Gasteiger partial charge in [-0.25, -0.2) is 9.69 Å². The van der Waals surface area contributed by atoms with E-state index in [0.29, 0.717) is 0 Å². The van der Waals surface area contributed by atoms with Crippen molar-refractivity contribution in [2.75, 3.05) is 4.90 Å². The molecule has 1 fully saturated rings. The predicted octanol–water partition coefficient (Wildman–Crippen LogP) is 5.38. The van der Waals surface area contributed by atoms with E-state index in [-0.39, 0.29) is 0 Å². The van der Waals surface area contributed by atoms with Gasteiger partial charge in [-0.15, -0.1) is 0 Å². The molecule has 3 aromatic carbocycles. The van der Waals surface area contributed by atoms with Gasteiger partial charge in [0.2, 0.25) is 0 Å². The molecule has 5 rings (SSSR count). The van der Waals surface area contributed by atoms with Crippen molar-refractivity contribution < 1.29 is 14.3 Å². The van der Waals surface area contributed by atoms with Crippen molar-refractivity contribution in [3.05, 3.63) is 78.4 Å². The van der Waals surface area contributed by atoms with E-state index in [2.05, 4.69) is 12.1 Å². The lowest BCUT2D eigenvalue weighted by Crippen LogP contribution is -2.60.